The molecule has 2 aromatic carbocycles. The van der Waals surface area contributed by atoms with Crippen molar-refractivity contribution in [3.8, 4) is 21.1 Å². The predicted molar refractivity (Wildman–Crippen MR) is 98.7 cm³/mol. The first-order valence-electron chi connectivity index (χ1n) is 7.77. The minimum atomic E-state index is -0.447. The summed E-state index contributed by atoms with van der Waals surface area (Å²) in [7, 11) is 1.36. The third-order valence-electron chi connectivity index (χ3n) is 4.05. The van der Waals surface area contributed by atoms with Gasteiger partial charge < -0.3 is 4.74 Å². The van der Waals surface area contributed by atoms with Crippen LogP contribution < -0.4 is 0 Å². The lowest BCUT2D eigenvalue weighted by Crippen LogP contribution is -2.03. The van der Waals surface area contributed by atoms with Crippen LogP contribution in [0.4, 0.5) is 0 Å². The quantitative estimate of drug-likeness (QED) is 0.555. The fourth-order valence-corrected chi connectivity index (χ4v) is 3.85. The van der Waals surface area contributed by atoms with Crippen molar-refractivity contribution < 1.29 is 9.53 Å². The highest BCUT2D eigenvalue weighted by molar-refractivity contribution is 7.18. The number of fused-ring (bicyclic) bond motifs is 1. The molecule has 0 unspecified atom stereocenters. The molecule has 2 aromatic heterocycles. The van der Waals surface area contributed by atoms with E-state index in [0.717, 1.165) is 32.6 Å². The van der Waals surface area contributed by atoms with Gasteiger partial charge in [-0.15, -0.1) is 11.3 Å². The molecule has 0 aliphatic rings. The summed E-state index contributed by atoms with van der Waals surface area (Å²) in [5, 5.41) is 9.18. The topological polar surface area (TPSA) is 67.9 Å². The van der Waals surface area contributed by atoms with Crippen molar-refractivity contribution in [3.05, 3.63) is 59.8 Å². The second-order valence-electron chi connectivity index (χ2n) is 5.62. The van der Waals surface area contributed by atoms with Gasteiger partial charge in [-0.25, -0.2) is 9.78 Å². The van der Waals surface area contributed by atoms with E-state index in [1.807, 2.05) is 55.5 Å². The first-order valence-corrected chi connectivity index (χ1v) is 8.59. The van der Waals surface area contributed by atoms with Crippen LogP contribution in [0.5, 0.6) is 0 Å². The molecule has 4 aromatic rings. The number of carbonyl (C=O) groups excluding carboxylic acids is 1. The van der Waals surface area contributed by atoms with Crippen LogP contribution in [0.1, 0.15) is 16.1 Å². The van der Waals surface area contributed by atoms with Crippen LogP contribution in [0.15, 0.2) is 48.5 Å². The van der Waals surface area contributed by atoms with Gasteiger partial charge in [0, 0.05) is 5.39 Å². The summed E-state index contributed by atoms with van der Waals surface area (Å²) in [6.07, 6.45) is 0. The minimum Gasteiger partial charge on any atom is -0.464 e. The molecule has 25 heavy (non-hydrogen) atoms. The van der Waals surface area contributed by atoms with Crippen molar-refractivity contribution >= 4 is 28.2 Å². The Kier molecular flexibility index (Phi) is 3.82. The second-order valence-corrected chi connectivity index (χ2v) is 6.62. The highest BCUT2D eigenvalue weighted by atomic mass is 32.1. The molecular formula is C19H15N3O2S. The number of rotatable bonds is 3. The molecule has 0 aliphatic heterocycles. The van der Waals surface area contributed by atoms with E-state index in [4.69, 9.17) is 4.74 Å². The first-order chi connectivity index (χ1) is 12.2. The maximum Gasteiger partial charge on any atom is 0.358 e. The summed E-state index contributed by atoms with van der Waals surface area (Å²) in [6.45, 7) is 2.03. The number of nitrogens with one attached hydrogen (secondary N) is 1. The molecule has 5 nitrogen and oxygen atoms in total. The molecule has 0 atom stereocenters. The van der Waals surface area contributed by atoms with Gasteiger partial charge in [-0.2, -0.15) is 5.10 Å². The number of aromatic amines is 1. The average molecular weight is 349 g/mol. The summed E-state index contributed by atoms with van der Waals surface area (Å²) in [5.41, 5.74) is 4.09. The largest absolute Gasteiger partial charge is 0.464 e. The lowest BCUT2D eigenvalue weighted by molar-refractivity contribution is 0.0596. The Morgan fingerprint density at radius 2 is 1.92 bits per heavy atom. The van der Waals surface area contributed by atoms with Crippen molar-refractivity contribution in [2.24, 2.45) is 0 Å². The number of hydrogen-bond donors (Lipinski definition) is 1. The van der Waals surface area contributed by atoms with Gasteiger partial charge in [-0.05, 0) is 18.1 Å². The molecule has 0 spiro atoms. The van der Waals surface area contributed by atoms with Gasteiger partial charge in [-0.1, -0.05) is 48.5 Å². The van der Waals surface area contributed by atoms with Gasteiger partial charge in [0.1, 0.15) is 10.7 Å². The van der Waals surface area contributed by atoms with Crippen molar-refractivity contribution in [1.29, 1.82) is 0 Å². The molecule has 124 valence electrons. The zero-order valence-corrected chi connectivity index (χ0v) is 14.6. The third kappa shape index (κ3) is 2.60. The van der Waals surface area contributed by atoms with Crippen LogP contribution in [0.3, 0.4) is 0 Å². The third-order valence-corrected chi connectivity index (χ3v) is 5.16. The normalized spacial score (nSPS) is 11.0. The first kappa shape index (κ1) is 15.5. The molecule has 1 N–H and O–H groups in total. The molecule has 0 saturated carbocycles. The van der Waals surface area contributed by atoms with Crippen LogP contribution in [0, 0.1) is 6.92 Å². The van der Waals surface area contributed by atoms with E-state index in [9.17, 15) is 4.79 Å². The number of esters is 1. The van der Waals surface area contributed by atoms with Gasteiger partial charge >= 0.3 is 5.97 Å². The highest BCUT2D eigenvalue weighted by Crippen LogP contribution is 2.37. The van der Waals surface area contributed by atoms with E-state index in [1.54, 1.807) is 0 Å². The summed E-state index contributed by atoms with van der Waals surface area (Å²) in [5.74, 6) is -0.447. The zero-order valence-electron chi connectivity index (χ0n) is 13.7. The van der Waals surface area contributed by atoms with Crippen LogP contribution in [-0.4, -0.2) is 28.3 Å². The SMILES string of the molecule is COC(=O)c1nc(-c2n[nH]c3c(C)cccc23)sc1-c1ccccc1. The number of ether oxygens (including phenoxy) is 1. The highest BCUT2D eigenvalue weighted by Gasteiger charge is 2.23. The van der Waals surface area contributed by atoms with Gasteiger partial charge in [0.2, 0.25) is 0 Å². The van der Waals surface area contributed by atoms with Gasteiger partial charge in [0.05, 0.1) is 17.5 Å². The number of thiazole rings is 1. The molecule has 2 heterocycles. The maximum atomic E-state index is 12.2. The number of para-hydroxylation sites is 1. The Balaban J connectivity index is 1.92. The van der Waals surface area contributed by atoms with E-state index in [-0.39, 0.29) is 0 Å². The Morgan fingerprint density at radius 3 is 2.68 bits per heavy atom. The number of hydrogen-bond acceptors (Lipinski definition) is 5. The molecule has 6 heteroatoms. The number of carbonyl (C=O) groups is 1. The number of aryl methyl sites for hydroxylation is 1. The fourth-order valence-electron chi connectivity index (χ4n) is 2.79. The summed E-state index contributed by atoms with van der Waals surface area (Å²) in [4.78, 5) is 17.5. The lowest BCUT2D eigenvalue weighted by atomic mass is 10.1. The van der Waals surface area contributed by atoms with E-state index in [1.165, 1.54) is 18.4 Å². The summed E-state index contributed by atoms with van der Waals surface area (Å²) < 4.78 is 4.91. The van der Waals surface area contributed by atoms with E-state index >= 15 is 0 Å². The number of H-pyrrole nitrogens is 1. The molecule has 0 bridgehead atoms. The summed E-state index contributed by atoms with van der Waals surface area (Å²) in [6, 6.07) is 15.7. The summed E-state index contributed by atoms with van der Waals surface area (Å²) >= 11 is 1.44. The molecule has 0 amide bonds. The molecule has 0 fully saturated rings. The molecule has 0 aliphatic carbocycles. The Labute approximate surface area is 148 Å². The average Bonchev–Trinajstić information content (AvgIpc) is 3.26. The van der Waals surface area contributed by atoms with Crippen LogP contribution in [0.2, 0.25) is 0 Å². The van der Waals surface area contributed by atoms with Gasteiger partial charge in [0.25, 0.3) is 0 Å². The maximum absolute atomic E-state index is 12.2. The van der Waals surface area contributed by atoms with Crippen LogP contribution in [0.25, 0.3) is 32.0 Å². The predicted octanol–water partition coefficient (Wildman–Crippen LogP) is 4.45. The molecule has 0 saturated heterocycles. The Morgan fingerprint density at radius 1 is 1.12 bits per heavy atom. The zero-order chi connectivity index (χ0) is 17.4. The standard InChI is InChI=1S/C19H15N3O2S/c1-11-7-6-10-13-14(11)21-22-15(13)18-20-16(19(23)24-2)17(25-18)12-8-4-3-5-9-12/h3-10H,1-2H3,(H,21,22). The smallest absolute Gasteiger partial charge is 0.358 e. The van der Waals surface area contributed by atoms with Crippen molar-refractivity contribution in [1.82, 2.24) is 15.2 Å². The minimum absolute atomic E-state index is 0.317. The number of methoxy groups -OCH3 is 1. The number of aromatic nitrogens is 3. The van der Waals surface area contributed by atoms with Crippen LogP contribution in [-0.2, 0) is 4.74 Å². The van der Waals surface area contributed by atoms with Crippen molar-refractivity contribution in [2.45, 2.75) is 6.92 Å². The monoisotopic (exact) mass is 349 g/mol. The van der Waals surface area contributed by atoms with E-state index in [0.29, 0.717) is 10.7 Å². The van der Waals surface area contributed by atoms with Gasteiger partial charge in [-0.3, -0.25) is 5.10 Å². The molecule has 4 rings (SSSR count). The Hall–Kier alpha value is -2.99. The molecular weight excluding hydrogens is 334 g/mol. The van der Waals surface area contributed by atoms with Gasteiger partial charge in [0.15, 0.2) is 5.69 Å². The second kappa shape index (κ2) is 6.14. The number of nitrogens with zero attached hydrogens (tertiary/aromatic N) is 2. The van der Waals surface area contributed by atoms with E-state index in [2.05, 4.69) is 15.2 Å². The molecule has 0 radical (unpaired) electrons. The lowest BCUT2D eigenvalue weighted by Gasteiger charge is -1.99. The Bertz CT molecular complexity index is 1070. The number of benzene rings is 2. The van der Waals surface area contributed by atoms with Crippen LogP contribution >= 0.6 is 11.3 Å². The fraction of sp³-hybridized carbons (Fsp3) is 0.105. The van der Waals surface area contributed by atoms with E-state index < -0.39 is 5.97 Å². The van der Waals surface area contributed by atoms with Crippen molar-refractivity contribution in [3.63, 3.8) is 0 Å². The van der Waals surface area contributed by atoms with Crippen molar-refractivity contribution in [2.75, 3.05) is 7.11 Å².